The van der Waals surface area contributed by atoms with Crippen LogP contribution in [0.15, 0.2) is 0 Å². The molecule has 108 valence electrons. The van der Waals surface area contributed by atoms with Crippen LogP contribution in [0.25, 0.3) is 0 Å². The largest absolute Gasteiger partial charge is 0.481 e. The summed E-state index contributed by atoms with van der Waals surface area (Å²) in [4.78, 5) is 23.2. The number of hydrogen-bond donors (Lipinski definition) is 3. The van der Waals surface area contributed by atoms with Gasteiger partial charge in [0.15, 0.2) is 0 Å². The van der Waals surface area contributed by atoms with Crippen molar-refractivity contribution in [3.8, 4) is 0 Å². The van der Waals surface area contributed by atoms with E-state index in [1.165, 1.54) is 0 Å². The van der Waals surface area contributed by atoms with E-state index in [-0.39, 0.29) is 23.9 Å². The predicted octanol–water partition coefficient (Wildman–Crippen LogP) is 0.990. The van der Waals surface area contributed by atoms with Gasteiger partial charge in [0, 0.05) is 12.6 Å². The Hall–Kier alpha value is -1.10. The van der Waals surface area contributed by atoms with Crippen LogP contribution in [0.5, 0.6) is 0 Å². The Kier molecular flexibility index (Phi) is 4.45. The molecule has 0 aromatic heterocycles. The maximum absolute atomic E-state index is 11.9. The van der Waals surface area contributed by atoms with Gasteiger partial charge in [0.05, 0.1) is 12.0 Å². The monoisotopic (exact) mass is 268 g/mol. The van der Waals surface area contributed by atoms with Crippen molar-refractivity contribution in [3.05, 3.63) is 0 Å². The van der Waals surface area contributed by atoms with Crippen LogP contribution >= 0.6 is 0 Å². The summed E-state index contributed by atoms with van der Waals surface area (Å²) in [6, 6.07) is -0.364. The Labute approximate surface area is 114 Å². The molecular weight excluding hydrogens is 244 g/mol. The number of carbonyl (C=O) groups excluding carboxylic acids is 1. The Morgan fingerprint density at radius 1 is 1.32 bits per heavy atom. The van der Waals surface area contributed by atoms with E-state index < -0.39 is 5.97 Å². The second-order valence-corrected chi connectivity index (χ2v) is 5.90. The second-order valence-electron chi connectivity index (χ2n) is 5.90. The number of rotatable bonds is 6. The number of hydrogen-bond acceptors (Lipinski definition) is 3. The van der Waals surface area contributed by atoms with E-state index in [2.05, 4.69) is 10.6 Å². The highest BCUT2D eigenvalue weighted by atomic mass is 16.4. The zero-order chi connectivity index (χ0) is 14.0. The second kappa shape index (κ2) is 5.90. The molecule has 2 saturated carbocycles. The van der Waals surface area contributed by atoms with E-state index in [1.54, 1.807) is 0 Å². The molecule has 3 N–H and O–H groups in total. The molecule has 19 heavy (non-hydrogen) atoms. The minimum absolute atomic E-state index is 0.0336. The van der Waals surface area contributed by atoms with Crippen LogP contribution in [0.3, 0.4) is 0 Å². The highest BCUT2D eigenvalue weighted by Crippen LogP contribution is 2.48. The quantitative estimate of drug-likeness (QED) is 0.671. The lowest BCUT2D eigenvalue weighted by Gasteiger charge is -2.31. The van der Waals surface area contributed by atoms with Crippen molar-refractivity contribution >= 4 is 11.9 Å². The molecule has 0 radical (unpaired) electrons. The zero-order valence-electron chi connectivity index (χ0n) is 11.7. The van der Waals surface area contributed by atoms with Crippen molar-refractivity contribution in [3.63, 3.8) is 0 Å². The first-order chi connectivity index (χ1) is 9.04. The molecular formula is C14H24N2O3. The van der Waals surface area contributed by atoms with Gasteiger partial charge in [-0.1, -0.05) is 6.92 Å². The Bertz CT molecular complexity index is 359. The van der Waals surface area contributed by atoms with E-state index in [9.17, 15) is 14.7 Å². The summed E-state index contributed by atoms with van der Waals surface area (Å²) in [6.07, 6.45) is 4.02. The fourth-order valence-electron chi connectivity index (χ4n) is 3.65. The van der Waals surface area contributed by atoms with Gasteiger partial charge in [0.1, 0.15) is 0 Å². The molecule has 2 rings (SSSR count). The Morgan fingerprint density at radius 3 is 2.63 bits per heavy atom. The average Bonchev–Trinajstić information content (AvgIpc) is 2.96. The first-order valence-electron chi connectivity index (χ1n) is 7.31. The molecule has 2 bridgehead atoms. The summed E-state index contributed by atoms with van der Waals surface area (Å²) >= 11 is 0. The molecule has 1 amide bonds. The van der Waals surface area contributed by atoms with E-state index in [0.29, 0.717) is 18.4 Å². The summed E-state index contributed by atoms with van der Waals surface area (Å²) in [5, 5.41) is 15.5. The molecule has 0 aliphatic heterocycles. The molecule has 0 heterocycles. The third-order valence-electron chi connectivity index (χ3n) is 4.59. The molecule has 2 aliphatic rings. The number of carboxylic acid groups (broad SMARTS) is 1. The van der Waals surface area contributed by atoms with Crippen LogP contribution in [-0.4, -0.2) is 35.6 Å². The van der Waals surface area contributed by atoms with Gasteiger partial charge in [0.25, 0.3) is 0 Å². The fourth-order valence-corrected chi connectivity index (χ4v) is 3.65. The number of carboxylic acids is 1. The number of amides is 1. The van der Waals surface area contributed by atoms with Gasteiger partial charge in [-0.3, -0.25) is 9.59 Å². The van der Waals surface area contributed by atoms with Crippen LogP contribution in [0.2, 0.25) is 0 Å². The standard InChI is InChI=1S/C14H24N2O3/c1-3-6-15-13(17)8(2)16-12-10-5-4-9(7-10)11(12)14(18)19/h8-12,16H,3-7H2,1-2H3,(H,15,17)(H,18,19). The molecule has 0 aromatic carbocycles. The van der Waals surface area contributed by atoms with Crippen LogP contribution in [0.1, 0.15) is 39.5 Å². The number of aliphatic carboxylic acids is 1. The molecule has 5 heteroatoms. The van der Waals surface area contributed by atoms with Gasteiger partial charge in [-0.05, 0) is 44.4 Å². The number of carbonyl (C=O) groups is 2. The molecule has 2 fully saturated rings. The van der Waals surface area contributed by atoms with Gasteiger partial charge < -0.3 is 15.7 Å². The summed E-state index contributed by atoms with van der Waals surface area (Å²) in [6.45, 7) is 4.49. The number of fused-ring (bicyclic) bond motifs is 2. The summed E-state index contributed by atoms with van der Waals surface area (Å²) in [5.74, 6) is -0.349. The molecule has 0 saturated heterocycles. The van der Waals surface area contributed by atoms with Crippen molar-refractivity contribution in [2.45, 2.75) is 51.6 Å². The van der Waals surface area contributed by atoms with E-state index in [0.717, 1.165) is 25.7 Å². The molecule has 5 nitrogen and oxygen atoms in total. The van der Waals surface area contributed by atoms with E-state index in [4.69, 9.17) is 0 Å². The zero-order valence-corrected chi connectivity index (χ0v) is 11.7. The molecule has 2 aliphatic carbocycles. The fraction of sp³-hybridized carbons (Fsp3) is 0.857. The molecule has 5 atom stereocenters. The van der Waals surface area contributed by atoms with Crippen molar-refractivity contribution in [1.82, 2.24) is 10.6 Å². The summed E-state index contributed by atoms with van der Waals surface area (Å²) < 4.78 is 0. The van der Waals surface area contributed by atoms with Gasteiger partial charge in [-0.2, -0.15) is 0 Å². The smallest absolute Gasteiger partial charge is 0.308 e. The third kappa shape index (κ3) is 2.91. The SMILES string of the molecule is CCCNC(=O)C(C)NC1C2CCC(C2)C1C(=O)O. The van der Waals surface area contributed by atoms with Crippen molar-refractivity contribution in [2.75, 3.05) is 6.54 Å². The van der Waals surface area contributed by atoms with E-state index in [1.807, 2.05) is 13.8 Å². The minimum atomic E-state index is -0.717. The van der Waals surface area contributed by atoms with Gasteiger partial charge >= 0.3 is 5.97 Å². The topological polar surface area (TPSA) is 78.4 Å². The lowest BCUT2D eigenvalue weighted by atomic mass is 9.84. The van der Waals surface area contributed by atoms with Crippen LogP contribution in [0, 0.1) is 17.8 Å². The van der Waals surface area contributed by atoms with Gasteiger partial charge in [-0.25, -0.2) is 0 Å². The maximum Gasteiger partial charge on any atom is 0.308 e. The van der Waals surface area contributed by atoms with Crippen LogP contribution in [0.4, 0.5) is 0 Å². The van der Waals surface area contributed by atoms with E-state index >= 15 is 0 Å². The van der Waals surface area contributed by atoms with Crippen LogP contribution in [-0.2, 0) is 9.59 Å². The maximum atomic E-state index is 11.9. The first-order valence-corrected chi connectivity index (χ1v) is 7.31. The lowest BCUT2D eigenvalue weighted by molar-refractivity contribution is -0.145. The first kappa shape index (κ1) is 14.3. The summed E-state index contributed by atoms with van der Waals surface area (Å²) in [5.41, 5.74) is 0. The van der Waals surface area contributed by atoms with Crippen molar-refractivity contribution in [2.24, 2.45) is 17.8 Å². The average molecular weight is 268 g/mol. The lowest BCUT2D eigenvalue weighted by Crippen LogP contribution is -2.52. The predicted molar refractivity (Wildman–Crippen MR) is 71.6 cm³/mol. The van der Waals surface area contributed by atoms with Crippen molar-refractivity contribution < 1.29 is 14.7 Å². The van der Waals surface area contributed by atoms with Crippen molar-refractivity contribution in [1.29, 1.82) is 0 Å². The number of nitrogens with one attached hydrogen (secondary N) is 2. The Balaban J connectivity index is 1.94. The minimum Gasteiger partial charge on any atom is -0.481 e. The van der Waals surface area contributed by atoms with Gasteiger partial charge in [-0.15, -0.1) is 0 Å². The van der Waals surface area contributed by atoms with Gasteiger partial charge in [0.2, 0.25) is 5.91 Å². The van der Waals surface area contributed by atoms with Crippen LogP contribution < -0.4 is 10.6 Å². The third-order valence-corrected chi connectivity index (χ3v) is 4.59. The highest BCUT2D eigenvalue weighted by molar-refractivity contribution is 5.81. The summed E-state index contributed by atoms with van der Waals surface area (Å²) in [7, 11) is 0. The molecule has 0 aromatic rings. The highest BCUT2D eigenvalue weighted by Gasteiger charge is 2.51. The molecule has 5 unspecified atom stereocenters. The molecule has 0 spiro atoms. The Morgan fingerprint density at radius 2 is 2.00 bits per heavy atom. The normalized spacial score (nSPS) is 34.2.